The Morgan fingerprint density at radius 2 is 2.00 bits per heavy atom. The first-order valence-electron chi connectivity index (χ1n) is 6.15. The van der Waals surface area contributed by atoms with E-state index in [1.165, 1.54) is 25.3 Å². The molecular weight excluding hydrogens is 380 g/mol. The lowest BCUT2D eigenvalue weighted by Gasteiger charge is -2.27. The topological polar surface area (TPSA) is 41.6 Å². The van der Waals surface area contributed by atoms with E-state index < -0.39 is 5.82 Å². The van der Waals surface area contributed by atoms with E-state index >= 15 is 0 Å². The summed E-state index contributed by atoms with van der Waals surface area (Å²) in [7, 11) is 0. The summed E-state index contributed by atoms with van der Waals surface area (Å²) in [4.78, 5) is 6.42. The fourth-order valence-electron chi connectivity index (χ4n) is 2.03. The van der Waals surface area contributed by atoms with Crippen LogP contribution < -0.4 is 5.73 Å². The average Bonchev–Trinajstić information content (AvgIpc) is 2.41. The molecule has 0 radical (unpaired) electrons. The van der Waals surface area contributed by atoms with Crippen LogP contribution >= 0.6 is 35.6 Å². The van der Waals surface area contributed by atoms with Crippen LogP contribution in [0.15, 0.2) is 23.2 Å². The van der Waals surface area contributed by atoms with Gasteiger partial charge in [-0.25, -0.2) is 9.38 Å². The normalized spacial score (nSPS) is 16.1. The second kappa shape index (κ2) is 7.89. The van der Waals surface area contributed by atoms with Crippen molar-refractivity contribution in [1.29, 1.82) is 0 Å². The molecule has 0 bridgehead atoms. The van der Waals surface area contributed by atoms with Gasteiger partial charge in [-0.1, -0.05) is 17.7 Å². The molecule has 0 spiro atoms. The number of nitrogens with two attached hydrogens (primary N) is 1. The molecule has 0 aliphatic carbocycles. The van der Waals surface area contributed by atoms with Gasteiger partial charge >= 0.3 is 0 Å². The molecule has 0 atom stereocenters. The first-order valence-corrected chi connectivity index (χ1v) is 6.53. The van der Waals surface area contributed by atoms with Crippen molar-refractivity contribution in [3.63, 3.8) is 0 Å². The van der Waals surface area contributed by atoms with Gasteiger partial charge in [0.1, 0.15) is 5.82 Å². The van der Waals surface area contributed by atoms with Crippen molar-refractivity contribution in [2.45, 2.75) is 25.8 Å². The molecule has 1 saturated heterocycles. The molecule has 1 aromatic rings. The molecule has 19 heavy (non-hydrogen) atoms. The molecule has 0 amide bonds. The van der Waals surface area contributed by atoms with Gasteiger partial charge in [0.2, 0.25) is 0 Å². The minimum absolute atomic E-state index is 0. The molecule has 2 rings (SSSR count). The molecule has 106 valence electrons. The van der Waals surface area contributed by atoms with Crippen molar-refractivity contribution in [2.24, 2.45) is 10.7 Å². The average molecular weight is 398 g/mol. The zero-order chi connectivity index (χ0) is 13.0. The number of guanidine groups is 1. The molecule has 3 nitrogen and oxygen atoms in total. The van der Waals surface area contributed by atoms with E-state index in [0.29, 0.717) is 12.5 Å². The van der Waals surface area contributed by atoms with Crippen LogP contribution in [0, 0.1) is 5.82 Å². The number of nitrogens with zero attached hydrogens (tertiary/aromatic N) is 2. The van der Waals surface area contributed by atoms with Gasteiger partial charge in [-0.2, -0.15) is 0 Å². The largest absolute Gasteiger partial charge is 0.370 e. The predicted octanol–water partition coefficient (Wildman–Crippen LogP) is 3.40. The van der Waals surface area contributed by atoms with E-state index in [-0.39, 0.29) is 29.0 Å². The van der Waals surface area contributed by atoms with Crippen molar-refractivity contribution in [3.05, 3.63) is 34.6 Å². The van der Waals surface area contributed by atoms with Crippen LogP contribution in [0.5, 0.6) is 0 Å². The van der Waals surface area contributed by atoms with Gasteiger partial charge in [-0.15, -0.1) is 24.0 Å². The number of hydrogen-bond donors (Lipinski definition) is 1. The van der Waals surface area contributed by atoms with Crippen molar-refractivity contribution in [3.8, 4) is 0 Å². The highest BCUT2D eigenvalue weighted by molar-refractivity contribution is 14.0. The predicted molar refractivity (Wildman–Crippen MR) is 87.6 cm³/mol. The molecular formula is C13H18ClFIN3. The van der Waals surface area contributed by atoms with Crippen molar-refractivity contribution in [2.75, 3.05) is 13.1 Å². The van der Waals surface area contributed by atoms with Gasteiger partial charge in [0, 0.05) is 13.1 Å². The van der Waals surface area contributed by atoms with E-state index in [2.05, 4.69) is 9.89 Å². The highest BCUT2D eigenvalue weighted by Gasteiger charge is 2.11. The van der Waals surface area contributed by atoms with Crippen LogP contribution in [0.1, 0.15) is 24.8 Å². The number of likely N-dealkylation sites (tertiary alicyclic amines) is 1. The van der Waals surface area contributed by atoms with Crippen LogP contribution in [-0.2, 0) is 6.54 Å². The van der Waals surface area contributed by atoms with E-state index in [4.69, 9.17) is 17.3 Å². The summed E-state index contributed by atoms with van der Waals surface area (Å²) < 4.78 is 13.0. The maximum absolute atomic E-state index is 13.0. The van der Waals surface area contributed by atoms with E-state index in [1.54, 1.807) is 12.1 Å². The summed E-state index contributed by atoms with van der Waals surface area (Å²) in [5, 5.41) is 0.124. The van der Waals surface area contributed by atoms with Crippen LogP contribution in [0.25, 0.3) is 0 Å². The second-order valence-electron chi connectivity index (χ2n) is 4.47. The Morgan fingerprint density at radius 1 is 1.32 bits per heavy atom. The van der Waals surface area contributed by atoms with Crippen molar-refractivity contribution in [1.82, 2.24) is 4.90 Å². The summed E-state index contributed by atoms with van der Waals surface area (Å²) in [5.74, 6) is 0.156. The van der Waals surface area contributed by atoms with Gasteiger partial charge in [-0.05, 0) is 37.0 Å². The summed E-state index contributed by atoms with van der Waals surface area (Å²) >= 11 is 5.71. The van der Waals surface area contributed by atoms with E-state index in [1.807, 2.05) is 0 Å². The molecule has 1 heterocycles. The third kappa shape index (κ3) is 4.80. The highest BCUT2D eigenvalue weighted by Crippen LogP contribution is 2.16. The number of rotatable bonds is 2. The molecule has 1 fully saturated rings. The molecule has 0 unspecified atom stereocenters. The van der Waals surface area contributed by atoms with Gasteiger partial charge in [-0.3, -0.25) is 0 Å². The quantitative estimate of drug-likeness (QED) is 0.472. The summed E-state index contributed by atoms with van der Waals surface area (Å²) in [6.45, 7) is 2.38. The monoisotopic (exact) mass is 397 g/mol. The first-order chi connectivity index (χ1) is 8.66. The summed E-state index contributed by atoms with van der Waals surface area (Å²) in [6, 6.07) is 4.61. The van der Waals surface area contributed by atoms with E-state index in [0.717, 1.165) is 18.7 Å². The Morgan fingerprint density at radius 3 is 2.63 bits per heavy atom. The van der Waals surface area contributed by atoms with Gasteiger partial charge < -0.3 is 10.6 Å². The third-order valence-corrected chi connectivity index (χ3v) is 3.38. The smallest absolute Gasteiger partial charge is 0.191 e. The Balaban J connectivity index is 0.00000180. The lowest BCUT2D eigenvalue weighted by Crippen LogP contribution is -2.40. The molecule has 1 aromatic carbocycles. The summed E-state index contributed by atoms with van der Waals surface area (Å²) in [6.07, 6.45) is 3.59. The minimum Gasteiger partial charge on any atom is -0.370 e. The lowest BCUT2D eigenvalue weighted by molar-refractivity contribution is 0.338. The number of benzene rings is 1. The number of aliphatic imine (C=N–C) groups is 1. The molecule has 0 aromatic heterocycles. The molecule has 2 N–H and O–H groups in total. The Hall–Kier alpha value is -0.560. The second-order valence-corrected chi connectivity index (χ2v) is 4.88. The van der Waals surface area contributed by atoms with Crippen molar-refractivity contribution >= 4 is 41.5 Å². The first kappa shape index (κ1) is 16.5. The third-order valence-electron chi connectivity index (χ3n) is 3.09. The Kier molecular flexibility index (Phi) is 6.85. The fraction of sp³-hybridized carbons (Fsp3) is 0.462. The van der Waals surface area contributed by atoms with Gasteiger partial charge in [0.05, 0.1) is 11.6 Å². The van der Waals surface area contributed by atoms with Crippen molar-refractivity contribution < 1.29 is 4.39 Å². The maximum atomic E-state index is 13.0. The van der Waals surface area contributed by atoms with Crippen LogP contribution in [0.3, 0.4) is 0 Å². The standard InChI is InChI=1S/C13H17ClFN3.HI/c14-11-8-10(4-5-12(11)15)9-17-13(16)18-6-2-1-3-7-18;/h4-5,8H,1-3,6-7,9H2,(H2,16,17);1H. The zero-order valence-corrected chi connectivity index (χ0v) is 13.7. The lowest BCUT2D eigenvalue weighted by atomic mass is 10.1. The molecule has 1 aliphatic heterocycles. The number of hydrogen-bond acceptors (Lipinski definition) is 1. The Bertz CT molecular complexity index is 448. The molecule has 6 heteroatoms. The SMILES string of the molecule is I.NC(=NCc1ccc(F)c(Cl)c1)N1CCCCC1. The van der Waals surface area contributed by atoms with E-state index in [9.17, 15) is 4.39 Å². The zero-order valence-electron chi connectivity index (χ0n) is 10.6. The van der Waals surface area contributed by atoms with Crippen LogP contribution in [0.2, 0.25) is 5.02 Å². The minimum atomic E-state index is -0.409. The number of halogens is 3. The number of piperidine rings is 1. The highest BCUT2D eigenvalue weighted by atomic mass is 127. The van der Waals surface area contributed by atoms with Gasteiger partial charge in [0.15, 0.2) is 5.96 Å². The summed E-state index contributed by atoms with van der Waals surface area (Å²) in [5.41, 5.74) is 6.80. The molecule has 1 aliphatic rings. The molecule has 0 saturated carbocycles. The van der Waals surface area contributed by atoms with Gasteiger partial charge in [0.25, 0.3) is 0 Å². The van der Waals surface area contributed by atoms with Crippen LogP contribution in [-0.4, -0.2) is 23.9 Å². The fourth-order valence-corrected chi connectivity index (χ4v) is 2.24. The Labute approximate surface area is 135 Å². The maximum Gasteiger partial charge on any atom is 0.191 e. The van der Waals surface area contributed by atoms with Crippen LogP contribution in [0.4, 0.5) is 4.39 Å².